The van der Waals surface area contributed by atoms with Crippen LogP contribution in [0.5, 0.6) is 0 Å². The van der Waals surface area contributed by atoms with Crippen molar-refractivity contribution in [2.45, 2.75) is 32.3 Å². The van der Waals surface area contributed by atoms with Crippen LogP contribution in [0, 0.1) is 12.7 Å². The van der Waals surface area contributed by atoms with Crippen molar-refractivity contribution in [2.75, 3.05) is 0 Å². The lowest BCUT2D eigenvalue weighted by Gasteiger charge is -2.12. The van der Waals surface area contributed by atoms with Crippen LogP contribution in [0.4, 0.5) is 4.39 Å². The number of aliphatic hydroxyl groups excluding tert-OH is 1. The molecule has 1 N–H and O–H groups in total. The van der Waals surface area contributed by atoms with Gasteiger partial charge in [0.15, 0.2) is 0 Å². The summed E-state index contributed by atoms with van der Waals surface area (Å²) >= 11 is 3.23. The van der Waals surface area contributed by atoms with Crippen LogP contribution in [0.15, 0.2) is 46.9 Å². The Bertz CT molecular complexity index is 583. The molecule has 20 heavy (non-hydrogen) atoms. The summed E-state index contributed by atoms with van der Waals surface area (Å²) in [7, 11) is 0. The van der Waals surface area contributed by atoms with Crippen LogP contribution < -0.4 is 0 Å². The molecule has 2 aromatic rings. The first-order chi connectivity index (χ1) is 9.54. The van der Waals surface area contributed by atoms with E-state index in [2.05, 4.69) is 41.1 Å². The molecule has 1 nitrogen and oxygen atoms in total. The first kappa shape index (κ1) is 15.2. The third kappa shape index (κ3) is 4.43. The van der Waals surface area contributed by atoms with Crippen molar-refractivity contribution in [3.63, 3.8) is 0 Å². The predicted molar refractivity (Wildman–Crippen MR) is 83.3 cm³/mol. The molecule has 0 saturated carbocycles. The van der Waals surface area contributed by atoms with E-state index in [9.17, 15) is 9.50 Å². The molecule has 0 spiro atoms. The number of hydrogen-bond donors (Lipinski definition) is 1. The quantitative estimate of drug-likeness (QED) is 0.856. The summed E-state index contributed by atoms with van der Waals surface area (Å²) in [5.74, 6) is -0.269. The minimum atomic E-state index is -0.522. The average molecular weight is 337 g/mol. The Morgan fingerprint density at radius 1 is 1.20 bits per heavy atom. The maximum absolute atomic E-state index is 13.7. The van der Waals surface area contributed by atoms with Gasteiger partial charge in [0, 0.05) is 10.9 Å². The van der Waals surface area contributed by atoms with E-state index in [1.165, 1.54) is 17.2 Å². The zero-order valence-electron chi connectivity index (χ0n) is 11.4. The highest BCUT2D eigenvalue weighted by molar-refractivity contribution is 9.10. The van der Waals surface area contributed by atoms with E-state index < -0.39 is 6.10 Å². The largest absolute Gasteiger partial charge is 0.393 e. The fraction of sp³-hybridized carbons (Fsp3) is 0.294. The second-order valence-corrected chi connectivity index (χ2v) is 6.04. The molecule has 0 saturated heterocycles. The zero-order valence-corrected chi connectivity index (χ0v) is 13.0. The lowest BCUT2D eigenvalue weighted by molar-refractivity contribution is 0.164. The molecule has 0 aliphatic heterocycles. The van der Waals surface area contributed by atoms with Crippen molar-refractivity contribution >= 4 is 15.9 Å². The first-order valence-corrected chi connectivity index (χ1v) is 7.51. The summed E-state index contributed by atoms with van der Waals surface area (Å²) in [6.07, 6.45) is 1.27. The SMILES string of the molecule is Cc1cccc(CCC(O)Cc2ccc(Br)cc2F)c1. The molecule has 0 aliphatic carbocycles. The Labute approximate surface area is 127 Å². The van der Waals surface area contributed by atoms with Crippen molar-refractivity contribution < 1.29 is 9.50 Å². The average Bonchev–Trinajstić information content (AvgIpc) is 2.40. The molecular formula is C17H18BrFO. The minimum absolute atomic E-state index is 0.269. The molecule has 0 bridgehead atoms. The number of aryl methyl sites for hydroxylation is 2. The molecule has 0 aliphatic rings. The Morgan fingerprint density at radius 2 is 2.00 bits per heavy atom. The topological polar surface area (TPSA) is 20.2 Å². The fourth-order valence-electron chi connectivity index (χ4n) is 2.24. The number of aliphatic hydroxyl groups is 1. The van der Waals surface area contributed by atoms with E-state index in [4.69, 9.17) is 0 Å². The Morgan fingerprint density at radius 3 is 2.70 bits per heavy atom. The van der Waals surface area contributed by atoms with E-state index in [1.54, 1.807) is 12.1 Å². The highest BCUT2D eigenvalue weighted by atomic mass is 79.9. The van der Waals surface area contributed by atoms with Gasteiger partial charge in [-0.05, 0) is 43.0 Å². The Hall–Kier alpha value is -1.19. The van der Waals surface area contributed by atoms with Gasteiger partial charge in [-0.2, -0.15) is 0 Å². The van der Waals surface area contributed by atoms with E-state index in [-0.39, 0.29) is 5.82 Å². The molecule has 0 amide bonds. The van der Waals surface area contributed by atoms with E-state index >= 15 is 0 Å². The van der Waals surface area contributed by atoms with Crippen molar-refractivity contribution in [1.29, 1.82) is 0 Å². The van der Waals surface area contributed by atoms with Gasteiger partial charge in [0.05, 0.1) is 6.10 Å². The minimum Gasteiger partial charge on any atom is -0.393 e. The van der Waals surface area contributed by atoms with Gasteiger partial charge in [-0.1, -0.05) is 51.8 Å². The van der Waals surface area contributed by atoms with Crippen LogP contribution in [0.2, 0.25) is 0 Å². The second kappa shape index (κ2) is 7.00. The summed E-state index contributed by atoms with van der Waals surface area (Å²) in [4.78, 5) is 0. The molecule has 3 heteroatoms. The molecule has 0 heterocycles. The fourth-order valence-corrected chi connectivity index (χ4v) is 2.58. The molecule has 1 atom stereocenters. The van der Waals surface area contributed by atoms with Gasteiger partial charge >= 0.3 is 0 Å². The summed E-state index contributed by atoms with van der Waals surface area (Å²) in [6.45, 7) is 2.05. The third-order valence-electron chi connectivity index (χ3n) is 3.32. The molecule has 2 aromatic carbocycles. The number of hydrogen-bond acceptors (Lipinski definition) is 1. The molecule has 106 valence electrons. The van der Waals surface area contributed by atoms with Crippen LogP contribution in [-0.2, 0) is 12.8 Å². The van der Waals surface area contributed by atoms with Crippen LogP contribution in [-0.4, -0.2) is 11.2 Å². The van der Waals surface area contributed by atoms with Gasteiger partial charge in [0.1, 0.15) is 5.82 Å². The highest BCUT2D eigenvalue weighted by Crippen LogP contribution is 2.18. The van der Waals surface area contributed by atoms with E-state index in [0.29, 0.717) is 22.9 Å². The van der Waals surface area contributed by atoms with Gasteiger partial charge in [0.2, 0.25) is 0 Å². The third-order valence-corrected chi connectivity index (χ3v) is 3.81. The van der Waals surface area contributed by atoms with Crippen molar-refractivity contribution in [1.82, 2.24) is 0 Å². The second-order valence-electron chi connectivity index (χ2n) is 5.12. The lowest BCUT2D eigenvalue weighted by atomic mass is 10.0. The molecule has 2 rings (SSSR count). The van der Waals surface area contributed by atoms with Crippen LogP contribution >= 0.6 is 15.9 Å². The summed E-state index contributed by atoms with van der Waals surface area (Å²) in [6, 6.07) is 13.2. The van der Waals surface area contributed by atoms with Gasteiger partial charge in [0.25, 0.3) is 0 Å². The monoisotopic (exact) mass is 336 g/mol. The maximum Gasteiger partial charge on any atom is 0.127 e. The Kier molecular flexibility index (Phi) is 5.32. The van der Waals surface area contributed by atoms with Crippen molar-refractivity contribution in [3.8, 4) is 0 Å². The van der Waals surface area contributed by atoms with E-state index in [1.807, 2.05) is 6.07 Å². The normalized spacial score (nSPS) is 12.4. The zero-order chi connectivity index (χ0) is 14.5. The van der Waals surface area contributed by atoms with Gasteiger partial charge in [-0.3, -0.25) is 0 Å². The van der Waals surface area contributed by atoms with E-state index in [0.717, 1.165) is 6.42 Å². The molecule has 0 fully saturated rings. The number of benzene rings is 2. The summed E-state index contributed by atoms with van der Waals surface area (Å²) in [5.41, 5.74) is 2.99. The molecule has 0 radical (unpaired) electrons. The number of halogens is 2. The summed E-state index contributed by atoms with van der Waals surface area (Å²) in [5, 5.41) is 10.0. The standard InChI is InChI=1S/C17H18BrFO/c1-12-3-2-4-13(9-12)5-8-16(20)10-14-6-7-15(18)11-17(14)19/h2-4,6-7,9,11,16,20H,5,8,10H2,1H3. The van der Waals surface area contributed by atoms with Crippen LogP contribution in [0.25, 0.3) is 0 Å². The molecular weight excluding hydrogens is 319 g/mol. The number of rotatable bonds is 5. The highest BCUT2D eigenvalue weighted by Gasteiger charge is 2.10. The smallest absolute Gasteiger partial charge is 0.127 e. The summed E-state index contributed by atoms with van der Waals surface area (Å²) < 4.78 is 14.4. The molecule has 0 aromatic heterocycles. The van der Waals surface area contributed by atoms with Crippen molar-refractivity contribution in [3.05, 3.63) is 69.4 Å². The molecule has 1 unspecified atom stereocenters. The van der Waals surface area contributed by atoms with Gasteiger partial charge < -0.3 is 5.11 Å². The maximum atomic E-state index is 13.7. The van der Waals surface area contributed by atoms with Crippen LogP contribution in [0.3, 0.4) is 0 Å². The Balaban J connectivity index is 1.90. The van der Waals surface area contributed by atoms with Gasteiger partial charge in [-0.15, -0.1) is 0 Å². The van der Waals surface area contributed by atoms with Gasteiger partial charge in [-0.25, -0.2) is 4.39 Å². The lowest BCUT2D eigenvalue weighted by Crippen LogP contribution is -2.12. The van der Waals surface area contributed by atoms with Crippen molar-refractivity contribution in [2.24, 2.45) is 0 Å². The first-order valence-electron chi connectivity index (χ1n) is 6.72. The van der Waals surface area contributed by atoms with Crippen LogP contribution in [0.1, 0.15) is 23.1 Å². The predicted octanol–water partition coefficient (Wildman–Crippen LogP) is 4.43.